The minimum absolute atomic E-state index is 0.447. The summed E-state index contributed by atoms with van der Waals surface area (Å²) in [5.74, 6) is 0. The second-order valence-electron chi connectivity index (χ2n) is 5.28. The monoisotopic (exact) mass is 322 g/mol. The fourth-order valence-electron chi connectivity index (χ4n) is 1.30. The predicted octanol–water partition coefficient (Wildman–Crippen LogP) is 2.37. The lowest BCUT2D eigenvalue weighted by molar-refractivity contribution is 0.590. The van der Waals surface area contributed by atoms with Crippen molar-refractivity contribution in [3.05, 3.63) is 36.4 Å². The molecular weight excluding hydrogens is 300 g/mol. The molecule has 1 aromatic carbocycles. The normalized spacial score (nSPS) is 11.8. The lowest BCUT2D eigenvalue weighted by Gasteiger charge is -2.22. The molecule has 0 saturated carbocycles. The first kappa shape index (κ1) is 16.8. The molecule has 2 nitrogen and oxygen atoms in total. The van der Waals surface area contributed by atoms with E-state index in [1.165, 1.54) is 5.19 Å². The summed E-state index contributed by atoms with van der Waals surface area (Å²) in [5.41, 5.74) is 2.26. The topological polar surface area (TPSA) is 18.5 Å². The standard InChI is InChI=1S/C13H22O2Si4/c1-6-12-7-9-13(10-8-12)17-15-19(4,5)11-16-14-18(2)3/h6-10,18H,1,11H2,2-5H3. The molecule has 0 spiro atoms. The Labute approximate surface area is 125 Å². The van der Waals surface area contributed by atoms with Gasteiger partial charge in [0.05, 0.1) is 0 Å². The van der Waals surface area contributed by atoms with Gasteiger partial charge < -0.3 is 8.23 Å². The molecule has 4 radical (unpaired) electrons. The van der Waals surface area contributed by atoms with Gasteiger partial charge in [-0.25, -0.2) is 0 Å². The zero-order valence-corrected chi connectivity index (χ0v) is 16.3. The summed E-state index contributed by atoms with van der Waals surface area (Å²) in [6.45, 7) is 12.7. The molecule has 0 aromatic heterocycles. The Bertz CT molecular complexity index is 390. The third-order valence-electron chi connectivity index (χ3n) is 2.41. The van der Waals surface area contributed by atoms with Gasteiger partial charge in [-0.15, -0.1) is 0 Å². The number of hydrogen-bond acceptors (Lipinski definition) is 2. The van der Waals surface area contributed by atoms with Crippen LogP contribution in [0.3, 0.4) is 0 Å². The van der Waals surface area contributed by atoms with E-state index in [1.54, 1.807) is 0 Å². The molecule has 0 N–H and O–H groups in total. The Balaban J connectivity index is 2.38. The minimum atomic E-state index is -1.57. The van der Waals surface area contributed by atoms with Gasteiger partial charge in [-0.1, -0.05) is 36.9 Å². The molecule has 0 atom stereocenters. The van der Waals surface area contributed by atoms with E-state index < -0.39 is 17.4 Å². The molecule has 0 bridgehead atoms. The summed E-state index contributed by atoms with van der Waals surface area (Å²) in [6.07, 6.45) is 1.86. The summed E-state index contributed by atoms with van der Waals surface area (Å²) >= 11 is 0. The lowest BCUT2D eigenvalue weighted by atomic mass is 10.2. The Kier molecular flexibility index (Phi) is 7.19. The first-order valence-corrected chi connectivity index (χ1v) is 14.4. The van der Waals surface area contributed by atoms with Crippen molar-refractivity contribution in [3.8, 4) is 0 Å². The van der Waals surface area contributed by atoms with Gasteiger partial charge in [0.15, 0.2) is 17.4 Å². The molecule has 1 rings (SSSR count). The number of rotatable bonds is 8. The van der Waals surface area contributed by atoms with E-state index in [9.17, 15) is 0 Å². The van der Waals surface area contributed by atoms with Crippen LogP contribution in [-0.4, -0.2) is 36.9 Å². The van der Waals surface area contributed by atoms with Crippen molar-refractivity contribution in [1.29, 1.82) is 0 Å². The molecule has 6 heteroatoms. The molecule has 0 aliphatic carbocycles. The first-order chi connectivity index (χ1) is 8.93. The molecule has 0 heterocycles. The largest absolute Gasteiger partial charge is 0.459 e. The van der Waals surface area contributed by atoms with Gasteiger partial charge in [0.2, 0.25) is 9.76 Å². The molecule has 0 aliphatic rings. The Morgan fingerprint density at radius 2 is 1.89 bits per heavy atom. The third kappa shape index (κ3) is 7.19. The van der Waals surface area contributed by atoms with E-state index in [-0.39, 0.29) is 0 Å². The molecular formula is C13H22O2Si4. The van der Waals surface area contributed by atoms with Crippen LogP contribution in [0.1, 0.15) is 5.56 Å². The van der Waals surface area contributed by atoms with Crippen molar-refractivity contribution >= 4 is 48.1 Å². The molecule has 0 saturated heterocycles. The van der Waals surface area contributed by atoms with E-state index in [1.807, 2.05) is 6.08 Å². The Morgan fingerprint density at radius 1 is 1.26 bits per heavy atom. The van der Waals surface area contributed by atoms with Crippen LogP contribution in [0.4, 0.5) is 0 Å². The van der Waals surface area contributed by atoms with Crippen LogP contribution >= 0.6 is 0 Å². The molecule has 102 valence electrons. The molecule has 0 unspecified atom stereocenters. The quantitative estimate of drug-likeness (QED) is 0.684. The highest BCUT2D eigenvalue weighted by atomic mass is 28.4. The van der Waals surface area contributed by atoms with Crippen LogP contribution in [-0.2, 0) is 8.23 Å². The van der Waals surface area contributed by atoms with E-state index in [4.69, 9.17) is 8.23 Å². The molecule has 0 amide bonds. The maximum Gasteiger partial charge on any atom is 0.256 e. The minimum Gasteiger partial charge on any atom is -0.459 e. The second-order valence-corrected chi connectivity index (χ2v) is 15.1. The highest BCUT2D eigenvalue weighted by molar-refractivity contribution is 6.83. The fraction of sp³-hybridized carbons (Fsp3) is 0.385. The zero-order chi connectivity index (χ0) is 14.3. The Morgan fingerprint density at radius 3 is 2.42 bits per heavy atom. The van der Waals surface area contributed by atoms with Crippen molar-refractivity contribution in [3.63, 3.8) is 0 Å². The van der Waals surface area contributed by atoms with Gasteiger partial charge in [0.1, 0.15) is 0 Å². The summed E-state index contributed by atoms with van der Waals surface area (Å²) in [6, 6.07) is 8.42. The summed E-state index contributed by atoms with van der Waals surface area (Å²) < 4.78 is 11.9. The van der Waals surface area contributed by atoms with Crippen LogP contribution < -0.4 is 5.19 Å². The van der Waals surface area contributed by atoms with Crippen LogP contribution in [0.2, 0.25) is 31.9 Å². The van der Waals surface area contributed by atoms with Crippen molar-refractivity contribution in [1.82, 2.24) is 0 Å². The second kappa shape index (κ2) is 8.13. The van der Waals surface area contributed by atoms with Crippen molar-refractivity contribution in [2.24, 2.45) is 0 Å². The lowest BCUT2D eigenvalue weighted by Crippen LogP contribution is -2.38. The van der Waals surface area contributed by atoms with Gasteiger partial charge in [-0.05, 0) is 42.6 Å². The summed E-state index contributed by atoms with van der Waals surface area (Å²) in [4.78, 5) is 0. The summed E-state index contributed by atoms with van der Waals surface area (Å²) in [7, 11) is -1.38. The highest BCUT2D eigenvalue weighted by Gasteiger charge is 2.23. The van der Waals surface area contributed by atoms with Crippen molar-refractivity contribution < 1.29 is 8.23 Å². The number of hydrogen-bond donors (Lipinski definition) is 0. The molecule has 1 aromatic rings. The molecule has 0 fully saturated rings. The summed E-state index contributed by atoms with van der Waals surface area (Å²) in [5, 5.41) is 1.26. The SMILES string of the molecule is C=Cc1ccc([Si]O[Si](C)(C)C[Si]O[SiH](C)C)cc1. The molecule has 19 heavy (non-hydrogen) atoms. The third-order valence-corrected chi connectivity index (χ3v) is 12.1. The van der Waals surface area contributed by atoms with E-state index in [0.717, 1.165) is 11.2 Å². The Hall–Kier alpha value is -0.252. The van der Waals surface area contributed by atoms with E-state index in [2.05, 4.69) is 57.0 Å². The van der Waals surface area contributed by atoms with Gasteiger partial charge in [0, 0.05) is 0 Å². The maximum atomic E-state index is 6.15. The average Bonchev–Trinajstić information content (AvgIpc) is 2.36. The maximum absolute atomic E-state index is 6.15. The fourth-order valence-corrected chi connectivity index (χ4v) is 7.93. The number of benzene rings is 1. The first-order valence-electron chi connectivity index (χ1n) is 6.48. The van der Waals surface area contributed by atoms with Crippen LogP contribution in [0, 0.1) is 0 Å². The van der Waals surface area contributed by atoms with Crippen molar-refractivity contribution in [2.75, 3.05) is 0 Å². The van der Waals surface area contributed by atoms with Gasteiger partial charge >= 0.3 is 0 Å². The average molecular weight is 323 g/mol. The van der Waals surface area contributed by atoms with Gasteiger partial charge in [0.25, 0.3) is 9.76 Å². The predicted molar refractivity (Wildman–Crippen MR) is 91.0 cm³/mol. The van der Waals surface area contributed by atoms with E-state index >= 15 is 0 Å². The van der Waals surface area contributed by atoms with Crippen LogP contribution in [0.25, 0.3) is 6.08 Å². The highest BCUT2D eigenvalue weighted by Crippen LogP contribution is 2.09. The van der Waals surface area contributed by atoms with Crippen molar-refractivity contribution in [2.45, 2.75) is 31.9 Å². The zero-order valence-electron chi connectivity index (χ0n) is 12.2. The molecule has 0 aliphatic heterocycles. The van der Waals surface area contributed by atoms with E-state index in [0.29, 0.717) is 19.5 Å². The van der Waals surface area contributed by atoms with Gasteiger partial charge in [-0.2, -0.15) is 0 Å². The van der Waals surface area contributed by atoms with Gasteiger partial charge in [-0.3, -0.25) is 0 Å². The van der Waals surface area contributed by atoms with Crippen LogP contribution in [0.15, 0.2) is 30.8 Å². The van der Waals surface area contributed by atoms with Crippen LogP contribution in [0.5, 0.6) is 0 Å². The smallest absolute Gasteiger partial charge is 0.256 e.